The Morgan fingerprint density at radius 2 is 1.73 bits per heavy atom. The molecule has 8 heteroatoms. The van der Waals surface area contributed by atoms with Gasteiger partial charge < -0.3 is 15.6 Å². The number of hydrogen-bond acceptors (Lipinski definition) is 4. The van der Waals surface area contributed by atoms with Crippen LogP contribution < -0.4 is 10.6 Å². The van der Waals surface area contributed by atoms with Gasteiger partial charge in [0, 0.05) is 17.1 Å². The molecule has 0 aliphatic heterocycles. The molecule has 0 saturated heterocycles. The summed E-state index contributed by atoms with van der Waals surface area (Å²) in [7, 11) is 0. The predicted molar refractivity (Wildman–Crippen MR) is 116 cm³/mol. The van der Waals surface area contributed by atoms with Crippen molar-refractivity contribution in [1.29, 1.82) is 5.26 Å². The molecule has 1 heterocycles. The molecule has 0 unspecified atom stereocenters. The van der Waals surface area contributed by atoms with Crippen LogP contribution in [0.4, 0.5) is 20.6 Å². The molecule has 0 radical (unpaired) electrons. The monoisotopic (exact) mass is 417 g/mol. The molecule has 0 aliphatic rings. The SMILES string of the molecule is N#Cc1ccc(NC(=O)Nc2ccc3nc(SCc4ccc(F)cc4)[nH]c3c2)cc1. The molecule has 1 aromatic heterocycles. The van der Waals surface area contributed by atoms with Gasteiger partial charge in [0.25, 0.3) is 0 Å². The molecule has 2 amide bonds. The summed E-state index contributed by atoms with van der Waals surface area (Å²) in [5, 5.41) is 15.1. The average molecular weight is 417 g/mol. The predicted octanol–water partition coefficient (Wildman–Crippen LogP) is 5.51. The Morgan fingerprint density at radius 3 is 2.47 bits per heavy atom. The number of imidazole rings is 1. The van der Waals surface area contributed by atoms with Crippen LogP contribution in [0.15, 0.2) is 71.9 Å². The van der Waals surface area contributed by atoms with Gasteiger partial charge in [0.2, 0.25) is 0 Å². The molecule has 6 nitrogen and oxygen atoms in total. The third-order valence-electron chi connectivity index (χ3n) is 4.28. The van der Waals surface area contributed by atoms with Crippen molar-refractivity contribution < 1.29 is 9.18 Å². The lowest BCUT2D eigenvalue weighted by Gasteiger charge is -2.07. The van der Waals surface area contributed by atoms with Gasteiger partial charge in [0.05, 0.1) is 22.7 Å². The number of benzene rings is 3. The first-order valence-electron chi connectivity index (χ1n) is 9.04. The lowest BCUT2D eigenvalue weighted by atomic mass is 10.2. The second-order valence-corrected chi connectivity index (χ2v) is 7.42. The lowest BCUT2D eigenvalue weighted by molar-refractivity contribution is 0.262. The van der Waals surface area contributed by atoms with Crippen LogP contribution in [0.2, 0.25) is 0 Å². The summed E-state index contributed by atoms with van der Waals surface area (Å²) in [6.07, 6.45) is 0. The van der Waals surface area contributed by atoms with Crippen molar-refractivity contribution in [3.63, 3.8) is 0 Å². The van der Waals surface area contributed by atoms with Crippen LogP contribution in [0.5, 0.6) is 0 Å². The molecule has 0 saturated carbocycles. The number of amides is 2. The second-order valence-electron chi connectivity index (χ2n) is 6.46. The smallest absolute Gasteiger partial charge is 0.323 e. The maximum Gasteiger partial charge on any atom is 0.323 e. The first-order valence-corrected chi connectivity index (χ1v) is 10.0. The van der Waals surface area contributed by atoms with Crippen molar-refractivity contribution in [2.45, 2.75) is 10.9 Å². The van der Waals surface area contributed by atoms with E-state index in [0.29, 0.717) is 22.7 Å². The number of carbonyl (C=O) groups is 1. The fraction of sp³-hybridized carbons (Fsp3) is 0.0455. The van der Waals surface area contributed by atoms with Gasteiger partial charge in [-0.1, -0.05) is 23.9 Å². The maximum atomic E-state index is 13.0. The molecular formula is C22H16FN5OS. The summed E-state index contributed by atoms with van der Waals surface area (Å²) in [6.45, 7) is 0. The van der Waals surface area contributed by atoms with Crippen LogP contribution in [0.1, 0.15) is 11.1 Å². The maximum absolute atomic E-state index is 13.0. The Morgan fingerprint density at radius 1 is 1.03 bits per heavy atom. The number of nitrogens with one attached hydrogen (secondary N) is 3. The summed E-state index contributed by atoms with van der Waals surface area (Å²) in [5.74, 6) is 0.411. The minimum absolute atomic E-state index is 0.254. The van der Waals surface area contributed by atoms with E-state index < -0.39 is 0 Å². The molecular weight excluding hydrogens is 401 g/mol. The number of urea groups is 1. The van der Waals surface area contributed by atoms with E-state index in [-0.39, 0.29) is 11.8 Å². The number of thioether (sulfide) groups is 1. The number of carbonyl (C=O) groups excluding carboxylic acids is 1. The van der Waals surface area contributed by atoms with Gasteiger partial charge in [0.1, 0.15) is 5.82 Å². The lowest BCUT2D eigenvalue weighted by Crippen LogP contribution is -2.19. The molecule has 0 spiro atoms. The van der Waals surface area contributed by atoms with Crippen molar-refractivity contribution in [2.75, 3.05) is 10.6 Å². The fourth-order valence-electron chi connectivity index (χ4n) is 2.79. The van der Waals surface area contributed by atoms with E-state index in [0.717, 1.165) is 21.8 Å². The second kappa shape index (κ2) is 8.68. The van der Waals surface area contributed by atoms with Gasteiger partial charge in [0.15, 0.2) is 5.16 Å². The molecule has 0 bridgehead atoms. The Labute approximate surface area is 176 Å². The number of H-pyrrole nitrogens is 1. The minimum atomic E-state index is -0.385. The Balaban J connectivity index is 1.39. The zero-order chi connectivity index (χ0) is 20.9. The number of rotatable bonds is 5. The van der Waals surface area contributed by atoms with Crippen LogP contribution in [0.25, 0.3) is 11.0 Å². The van der Waals surface area contributed by atoms with Gasteiger partial charge in [-0.15, -0.1) is 0 Å². The van der Waals surface area contributed by atoms with E-state index in [9.17, 15) is 9.18 Å². The minimum Gasteiger partial charge on any atom is -0.333 e. The van der Waals surface area contributed by atoms with Gasteiger partial charge in [-0.2, -0.15) is 5.26 Å². The van der Waals surface area contributed by atoms with Crippen molar-refractivity contribution in [2.24, 2.45) is 0 Å². The van der Waals surface area contributed by atoms with Gasteiger partial charge >= 0.3 is 6.03 Å². The van der Waals surface area contributed by atoms with E-state index >= 15 is 0 Å². The highest BCUT2D eigenvalue weighted by atomic mass is 32.2. The largest absolute Gasteiger partial charge is 0.333 e. The molecule has 3 N–H and O–H groups in total. The number of aromatic nitrogens is 2. The molecule has 4 rings (SSSR count). The summed E-state index contributed by atoms with van der Waals surface area (Å²) in [6, 6.07) is 20.0. The first-order chi connectivity index (χ1) is 14.6. The van der Waals surface area contributed by atoms with Crippen molar-refractivity contribution in [1.82, 2.24) is 9.97 Å². The highest BCUT2D eigenvalue weighted by Gasteiger charge is 2.08. The third-order valence-corrected chi connectivity index (χ3v) is 5.22. The van der Waals surface area contributed by atoms with Crippen molar-refractivity contribution >= 4 is 40.2 Å². The highest BCUT2D eigenvalue weighted by molar-refractivity contribution is 7.98. The van der Waals surface area contributed by atoms with E-state index in [4.69, 9.17) is 5.26 Å². The van der Waals surface area contributed by atoms with Gasteiger partial charge in [-0.05, 0) is 60.2 Å². The topological polar surface area (TPSA) is 93.6 Å². The molecule has 3 aromatic carbocycles. The summed E-state index contributed by atoms with van der Waals surface area (Å²) in [5.41, 5.74) is 4.32. The Kier molecular flexibility index (Phi) is 5.63. The number of nitrogens with zero attached hydrogens (tertiary/aromatic N) is 2. The Hall–Kier alpha value is -3.83. The third kappa shape index (κ3) is 4.77. The van der Waals surface area contributed by atoms with Crippen LogP contribution in [0, 0.1) is 17.1 Å². The molecule has 0 fully saturated rings. The normalized spacial score (nSPS) is 10.5. The summed E-state index contributed by atoms with van der Waals surface area (Å²) < 4.78 is 13.0. The number of aromatic amines is 1. The number of halogens is 1. The van der Waals surface area contributed by atoms with E-state index in [1.54, 1.807) is 42.5 Å². The summed E-state index contributed by atoms with van der Waals surface area (Å²) >= 11 is 1.52. The average Bonchev–Trinajstić information content (AvgIpc) is 3.16. The molecule has 0 aliphatic carbocycles. The van der Waals surface area contributed by atoms with E-state index in [1.165, 1.54) is 23.9 Å². The first kappa shape index (κ1) is 19.5. The quantitative estimate of drug-likeness (QED) is 0.373. The zero-order valence-corrected chi connectivity index (χ0v) is 16.5. The van der Waals surface area contributed by atoms with Gasteiger partial charge in [-0.3, -0.25) is 0 Å². The molecule has 4 aromatic rings. The molecule has 148 valence electrons. The molecule has 0 atom stereocenters. The van der Waals surface area contributed by atoms with Crippen LogP contribution in [0.3, 0.4) is 0 Å². The number of anilines is 2. The fourth-order valence-corrected chi connectivity index (χ4v) is 3.63. The van der Waals surface area contributed by atoms with Crippen LogP contribution in [-0.2, 0) is 5.75 Å². The highest BCUT2D eigenvalue weighted by Crippen LogP contribution is 2.25. The number of fused-ring (bicyclic) bond motifs is 1. The van der Waals surface area contributed by atoms with Crippen molar-refractivity contribution in [3.05, 3.63) is 83.7 Å². The van der Waals surface area contributed by atoms with Gasteiger partial charge in [-0.25, -0.2) is 14.2 Å². The standard InChI is InChI=1S/C22H16FN5OS/c23-16-5-1-15(2-6-16)13-30-22-27-19-10-9-18(11-20(19)28-22)26-21(29)25-17-7-3-14(12-24)4-8-17/h1-11H,13H2,(H,27,28)(H2,25,26,29). The van der Waals surface area contributed by atoms with Crippen LogP contribution in [-0.4, -0.2) is 16.0 Å². The van der Waals surface area contributed by atoms with E-state index in [2.05, 4.69) is 20.6 Å². The molecule has 30 heavy (non-hydrogen) atoms. The Bertz CT molecular complexity index is 1230. The van der Waals surface area contributed by atoms with Crippen molar-refractivity contribution in [3.8, 4) is 6.07 Å². The van der Waals surface area contributed by atoms with E-state index in [1.807, 2.05) is 18.2 Å². The zero-order valence-electron chi connectivity index (χ0n) is 15.6. The number of hydrogen-bond donors (Lipinski definition) is 3. The van der Waals surface area contributed by atoms with Crippen LogP contribution >= 0.6 is 11.8 Å². The number of nitriles is 1. The summed E-state index contributed by atoms with van der Waals surface area (Å²) in [4.78, 5) is 20.0.